The van der Waals surface area contributed by atoms with Crippen LogP contribution in [0.4, 0.5) is 0 Å². The quantitative estimate of drug-likeness (QED) is 0.155. The van der Waals surface area contributed by atoms with E-state index in [2.05, 4.69) is 13.2 Å². The van der Waals surface area contributed by atoms with Crippen LogP contribution in [0.5, 0.6) is 0 Å². The number of hydrogen-bond acceptors (Lipinski definition) is 4. The SMILES string of the molecule is C=CCCOC(C)OC(=C)C(=O)OCC. The van der Waals surface area contributed by atoms with Crippen LogP contribution in [0.1, 0.15) is 20.3 Å². The molecule has 1 unspecified atom stereocenters. The molecule has 0 fully saturated rings. The summed E-state index contributed by atoms with van der Waals surface area (Å²) in [6, 6.07) is 0. The number of hydrogen-bond donors (Lipinski definition) is 0. The molecule has 86 valence electrons. The number of ether oxygens (including phenoxy) is 3. The van der Waals surface area contributed by atoms with Gasteiger partial charge in [-0.1, -0.05) is 6.08 Å². The van der Waals surface area contributed by atoms with Gasteiger partial charge in [0.05, 0.1) is 13.2 Å². The summed E-state index contributed by atoms with van der Waals surface area (Å²) in [5.74, 6) is -0.598. The van der Waals surface area contributed by atoms with E-state index in [9.17, 15) is 4.79 Å². The lowest BCUT2D eigenvalue weighted by molar-refractivity contribution is -0.153. The van der Waals surface area contributed by atoms with Crippen LogP contribution in [0.25, 0.3) is 0 Å². The van der Waals surface area contributed by atoms with Crippen molar-refractivity contribution in [3.8, 4) is 0 Å². The zero-order valence-corrected chi connectivity index (χ0v) is 9.32. The third-order valence-electron chi connectivity index (χ3n) is 1.49. The van der Waals surface area contributed by atoms with Gasteiger partial charge >= 0.3 is 5.97 Å². The first-order valence-corrected chi connectivity index (χ1v) is 4.87. The maximum absolute atomic E-state index is 11.1. The molecule has 0 bridgehead atoms. The van der Waals surface area contributed by atoms with Gasteiger partial charge in [0.1, 0.15) is 0 Å². The van der Waals surface area contributed by atoms with Gasteiger partial charge in [-0.2, -0.15) is 0 Å². The largest absolute Gasteiger partial charge is 0.460 e. The molecular weight excluding hydrogens is 196 g/mol. The molecule has 0 aliphatic carbocycles. The van der Waals surface area contributed by atoms with Crippen LogP contribution in [0, 0.1) is 0 Å². The van der Waals surface area contributed by atoms with E-state index in [0.717, 1.165) is 6.42 Å². The van der Waals surface area contributed by atoms with Gasteiger partial charge in [0.2, 0.25) is 0 Å². The Hall–Kier alpha value is -1.29. The molecule has 0 saturated carbocycles. The lowest BCUT2D eigenvalue weighted by Gasteiger charge is -2.15. The smallest absolute Gasteiger partial charge is 0.373 e. The van der Waals surface area contributed by atoms with Gasteiger partial charge in [-0.25, -0.2) is 4.79 Å². The van der Waals surface area contributed by atoms with Gasteiger partial charge in [0.25, 0.3) is 0 Å². The molecule has 15 heavy (non-hydrogen) atoms. The van der Waals surface area contributed by atoms with Gasteiger partial charge in [0.15, 0.2) is 12.0 Å². The normalized spacial score (nSPS) is 11.6. The average Bonchev–Trinajstić information content (AvgIpc) is 2.18. The molecule has 0 aromatic rings. The number of carbonyl (C=O) groups is 1. The second kappa shape index (κ2) is 8.05. The summed E-state index contributed by atoms with van der Waals surface area (Å²) in [4.78, 5) is 11.1. The summed E-state index contributed by atoms with van der Waals surface area (Å²) in [5, 5.41) is 0. The molecule has 0 aromatic heterocycles. The molecule has 0 aliphatic rings. The Morgan fingerprint density at radius 1 is 1.53 bits per heavy atom. The summed E-state index contributed by atoms with van der Waals surface area (Å²) in [5.41, 5.74) is 0. The van der Waals surface area contributed by atoms with Crippen LogP contribution in [0.2, 0.25) is 0 Å². The maximum atomic E-state index is 11.1. The highest BCUT2D eigenvalue weighted by molar-refractivity contribution is 5.85. The first kappa shape index (κ1) is 13.7. The lowest BCUT2D eigenvalue weighted by Crippen LogP contribution is -2.18. The molecule has 0 rings (SSSR count). The van der Waals surface area contributed by atoms with E-state index in [1.807, 2.05) is 0 Å². The number of rotatable bonds is 8. The third-order valence-corrected chi connectivity index (χ3v) is 1.49. The van der Waals surface area contributed by atoms with E-state index in [-0.39, 0.29) is 5.76 Å². The zero-order chi connectivity index (χ0) is 11.7. The molecule has 0 aromatic carbocycles. The van der Waals surface area contributed by atoms with Crippen molar-refractivity contribution in [2.45, 2.75) is 26.6 Å². The van der Waals surface area contributed by atoms with Crippen molar-refractivity contribution in [3.05, 3.63) is 25.0 Å². The summed E-state index contributed by atoms with van der Waals surface area (Å²) < 4.78 is 15.0. The molecule has 4 heteroatoms. The van der Waals surface area contributed by atoms with Crippen molar-refractivity contribution in [2.75, 3.05) is 13.2 Å². The minimum atomic E-state index is -0.559. The third kappa shape index (κ3) is 6.74. The minimum absolute atomic E-state index is 0.0389. The Morgan fingerprint density at radius 3 is 2.73 bits per heavy atom. The van der Waals surface area contributed by atoms with Crippen LogP contribution in [-0.2, 0) is 19.0 Å². The van der Waals surface area contributed by atoms with Gasteiger partial charge in [-0.05, 0) is 26.8 Å². The zero-order valence-electron chi connectivity index (χ0n) is 9.32. The molecule has 0 spiro atoms. The molecule has 0 amide bonds. The van der Waals surface area contributed by atoms with E-state index >= 15 is 0 Å². The van der Waals surface area contributed by atoms with E-state index in [1.165, 1.54) is 0 Å². The summed E-state index contributed by atoms with van der Waals surface area (Å²) >= 11 is 0. The number of esters is 1. The van der Waals surface area contributed by atoms with Gasteiger partial charge in [0, 0.05) is 0 Å². The molecule has 0 saturated heterocycles. The van der Waals surface area contributed by atoms with Crippen molar-refractivity contribution in [1.29, 1.82) is 0 Å². The van der Waals surface area contributed by atoms with E-state index < -0.39 is 12.3 Å². The molecule has 0 N–H and O–H groups in total. The van der Waals surface area contributed by atoms with Gasteiger partial charge < -0.3 is 14.2 Å². The van der Waals surface area contributed by atoms with Gasteiger partial charge in [-0.3, -0.25) is 0 Å². The highest BCUT2D eigenvalue weighted by Crippen LogP contribution is 2.04. The standard InChI is InChI=1S/C11H18O4/c1-5-7-8-14-10(4)15-9(3)11(12)13-6-2/h5,10H,1,3,6-8H2,2,4H3. The monoisotopic (exact) mass is 214 g/mol. The van der Waals surface area contributed by atoms with Crippen molar-refractivity contribution in [1.82, 2.24) is 0 Å². The first-order chi connectivity index (χ1) is 7.11. The van der Waals surface area contributed by atoms with Crippen LogP contribution in [0.3, 0.4) is 0 Å². The van der Waals surface area contributed by atoms with Crippen molar-refractivity contribution >= 4 is 5.97 Å². The fraction of sp³-hybridized carbons (Fsp3) is 0.545. The van der Waals surface area contributed by atoms with Crippen molar-refractivity contribution in [2.24, 2.45) is 0 Å². The Morgan fingerprint density at radius 2 is 2.20 bits per heavy atom. The first-order valence-electron chi connectivity index (χ1n) is 4.87. The van der Waals surface area contributed by atoms with E-state index in [4.69, 9.17) is 14.2 Å². The van der Waals surface area contributed by atoms with Crippen LogP contribution in [0.15, 0.2) is 25.0 Å². The topological polar surface area (TPSA) is 44.8 Å². The maximum Gasteiger partial charge on any atom is 0.373 e. The molecule has 0 aliphatic heterocycles. The van der Waals surface area contributed by atoms with E-state index in [0.29, 0.717) is 13.2 Å². The minimum Gasteiger partial charge on any atom is -0.460 e. The Bertz CT molecular complexity index is 223. The van der Waals surface area contributed by atoms with Crippen LogP contribution < -0.4 is 0 Å². The lowest BCUT2D eigenvalue weighted by atomic mass is 10.4. The second-order valence-corrected chi connectivity index (χ2v) is 2.78. The van der Waals surface area contributed by atoms with Crippen molar-refractivity contribution in [3.63, 3.8) is 0 Å². The van der Waals surface area contributed by atoms with Crippen LogP contribution >= 0.6 is 0 Å². The second-order valence-electron chi connectivity index (χ2n) is 2.78. The predicted octanol–water partition coefficient (Wildman–Crippen LogP) is 2.02. The highest BCUT2D eigenvalue weighted by Gasteiger charge is 2.12. The molecule has 1 atom stereocenters. The fourth-order valence-corrected chi connectivity index (χ4v) is 0.811. The summed E-state index contributed by atoms with van der Waals surface area (Å²) in [6.07, 6.45) is 1.97. The Balaban J connectivity index is 3.75. The number of carbonyl (C=O) groups excluding carboxylic acids is 1. The van der Waals surface area contributed by atoms with Gasteiger partial charge in [-0.15, -0.1) is 6.58 Å². The molecule has 4 nitrogen and oxygen atoms in total. The summed E-state index contributed by atoms with van der Waals surface area (Å²) in [6.45, 7) is 11.2. The average molecular weight is 214 g/mol. The Kier molecular flexibility index (Phi) is 7.36. The fourth-order valence-electron chi connectivity index (χ4n) is 0.811. The van der Waals surface area contributed by atoms with Crippen molar-refractivity contribution < 1.29 is 19.0 Å². The molecule has 0 radical (unpaired) electrons. The Labute approximate surface area is 90.5 Å². The predicted molar refractivity (Wildman–Crippen MR) is 57.1 cm³/mol. The molecular formula is C11H18O4. The highest BCUT2D eigenvalue weighted by atomic mass is 16.7. The molecule has 0 heterocycles. The van der Waals surface area contributed by atoms with Crippen LogP contribution in [-0.4, -0.2) is 25.5 Å². The summed E-state index contributed by atoms with van der Waals surface area (Å²) in [7, 11) is 0. The van der Waals surface area contributed by atoms with E-state index in [1.54, 1.807) is 19.9 Å².